The third kappa shape index (κ3) is 4.93. The Morgan fingerprint density at radius 1 is 1.30 bits per heavy atom. The van der Waals surface area contributed by atoms with Gasteiger partial charge >= 0.3 is 0 Å². The maximum absolute atomic E-state index is 11.9. The van der Waals surface area contributed by atoms with E-state index in [2.05, 4.69) is 32.7 Å². The summed E-state index contributed by atoms with van der Waals surface area (Å²) in [6, 6.07) is 4.16. The quantitative estimate of drug-likeness (QED) is 0.844. The molecule has 1 aromatic heterocycles. The summed E-state index contributed by atoms with van der Waals surface area (Å²) in [5.41, 5.74) is 1.07. The lowest BCUT2D eigenvalue weighted by Crippen LogP contribution is -2.30. The Morgan fingerprint density at radius 2 is 2.17 bits per heavy atom. The number of nitrogens with zero attached hydrogens (tertiary/aromatic N) is 2. The Bertz CT molecular complexity index is 490. The van der Waals surface area contributed by atoms with E-state index >= 15 is 0 Å². The summed E-state index contributed by atoms with van der Waals surface area (Å²) >= 11 is 0. The van der Waals surface area contributed by atoms with Gasteiger partial charge in [0.25, 0.3) is 0 Å². The minimum Gasteiger partial charge on any atom is -0.357 e. The van der Waals surface area contributed by atoms with E-state index in [4.69, 9.17) is 0 Å². The third-order valence-electron chi connectivity index (χ3n) is 4.92. The van der Waals surface area contributed by atoms with Crippen molar-refractivity contribution in [1.82, 2.24) is 15.6 Å². The van der Waals surface area contributed by atoms with Gasteiger partial charge in [-0.1, -0.05) is 6.07 Å². The van der Waals surface area contributed by atoms with Crippen LogP contribution in [0.2, 0.25) is 0 Å². The van der Waals surface area contributed by atoms with Crippen LogP contribution in [-0.4, -0.2) is 37.1 Å². The molecule has 2 N–H and O–H groups in total. The van der Waals surface area contributed by atoms with Gasteiger partial charge in [-0.25, -0.2) is 4.98 Å². The molecule has 0 bridgehead atoms. The van der Waals surface area contributed by atoms with Crippen LogP contribution in [0.3, 0.4) is 0 Å². The highest BCUT2D eigenvalue weighted by Crippen LogP contribution is 2.17. The molecule has 3 rings (SSSR count). The van der Waals surface area contributed by atoms with Crippen LogP contribution in [0.1, 0.15) is 44.1 Å². The first-order valence-electron chi connectivity index (χ1n) is 8.98. The number of piperidine rings is 1. The average Bonchev–Trinajstić information content (AvgIpc) is 3.13. The van der Waals surface area contributed by atoms with Crippen molar-refractivity contribution >= 4 is 11.7 Å². The molecule has 0 aliphatic carbocycles. The van der Waals surface area contributed by atoms with Gasteiger partial charge in [0, 0.05) is 32.3 Å². The zero-order valence-electron chi connectivity index (χ0n) is 13.9. The molecule has 2 aliphatic heterocycles. The van der Waals surface area contributed by atoms with Crippen LogP contribution in [-0.2, 0) is 11.3 Å². The Kier molecular flexibility index (Phi) is 5.86. The van der Waals surface area contributed by atoms with Gasteiger partial charge in [0.15, 0.2) is 0 Å². The minimum absolute atomic E-state index is 0.150. The van der Waals surface area contributed by atoms with Gasteiger partial charge in [-0.3, -0.25) is 4.79 Å². The summed E-state index contributed by atoms with van der Waals surface area (Å²) in [6.45, 7) is 4.96. The fourth-order valence-corrected chi connectivity index (χ4v) is 3.42. The van der Waals surface area contributed by atoms with Crippen LogP contribution in [0.4, 0.5) is 5.82 Å². The number of pyridine rings is 1. The molecule has 2 aliphatic rings. The van der Waals surface area contributed by atoms with Gasteiger partial charge in [-0.2, -0.15) is 0 Å². The summed E-state index contributed by atoms with van der Waals surface area (Å²) in [5.74, 6) is 1.89. The summed E-state index contributed by atoms with van der Waals surface area (Å²) in [7, 11) is 0. The van der Waals surface area contributed by atoms with E-state index < -0.39 is 0 Å². The van der Waals surface area contributed by atoms with E-state index in [9.17, 15) is 4.79 Å². The van der Waals surface area contributed by atoms with Gasteiger partial charge in [-0.15, -0.1) is 0 Å². The number of hydrogen-bond donors (Lipinski definition) is 2. The molecule has 0 aromatic carbocycles. The predicted octanol–water partition coefficient (Wildman–Crippen LogP) is 2.08. The summed E-state index contributed by atoms with van der Waals surface area (Å²) in [6.07, 6.45) is 8.57. The van der Waals surface area contributed by atoms with Crippen LogP contribution in [0.25, 0.3) is 0 Å². The topological polar surface area (TPSA) is 57.3 Å². The van der Waals surface area contributed by atoms with Gasteiger partial charge in [0.2, 0.25) is 5.91 Å². The number of anilines is 1. The highest BCUT2D eigenvalue weighted by atomic mass is 16.1. The van der Waals surface area contributed by atoms with Gasteiger partial charge in [0.1, 0.15) is 5.82 Å². The van der Waals surface area contributed by atoms with E-state index in [-0.39, 0.29) is 5.91 Å². The SMILES string of the molecule is O=C(CCC1CCNC1)NCc1ccc(N2CCCCC2)nc1. The molecule has 0 spiro atoms. The van der Waals surface area contributed by atoms with Gasteiger partial charge in [0.05, 0.1) is 0 Å². The first kappa shape index (κ1) is 16.2. The van der Waals surface area contributed by atoms with Crippen LogP contribution in [0.5, 0.6) is 0 Å². The van der Waals surface area contributed by atoms with Crippen LogP contribution >= 0.6 is 0 Å². The number of carbonyl (C=O) groups is 1. The van der Waals surface area contributed by atoms with E-state index in [1.54, 1.807) is 0 Å². The second-order valence-electron chi connectivity index (χ2n) is 6.75. The fourth-order valence-electron chi connectivity index (χ4n) is 3.42. The minimum atomic E-state index is 0.150. The molecule has 1 unspecified atom stereocenters. The number of aromatic nitrogens is 1. The molecule has 2 saturated heterocycles. The zero-order valence-corrected chi connectivity index (χ0v) is 13.9. The highest BCUT2D eigenvalue weighted by Gasteiger charge is 2.15. The van der Waals surface area contributed by atoms with Crippen molar-refractivity contribution in [2.75, 3.05) is 31.1 Å². The lowest BCUT2D eigenvalue weighted by Gasteiger charge is -2.27. The first-order valence-corrected chi connectivity index (χ1v) is 8.98. The fraction of sp³-hybridized carbons (Fsp3) is 0.667. The normalized spacial score (nSPS) is 21.4. The summed E-state index contributed by atoms with van der Waals surface area (Å²) in [4.78, 5) is 18.8. The number of rotatable bonds is 6. The van der Waals surface area contributed by atoms with E-state index in [0.29, 0.717) is 18.9 Å². The summed E-state index contributed by atoms with van der Waals surface area (Å²) in [5, 5.41) is 6.35. The maximum Gasteiger partial charge on any atom is 0.220 e. The zero-order chi connectivity index (χ0) is 15.9. The van der Waals surface area contributed by atoms with Crippen molar-refractivity contribution in [3.05, 3.63) is 23.9 Å². The lowest BCUT2D eigenvalue weighted by molar-refractivity contribution is -0.121. The van der Waals surface area contributed by atoms with Crippen molar-refractivity contribution in [1.29, 1.82) is 0 Å². The second kappa shape index (κ2) is 8.29. The monoisotopic (exact) mass is 316 g/mol. The number of nitrogens with one attached hydrogen (secondary N) is 2. The predicted molar refractivity (Wildman–Crippen MR) is 92.4 cm³/mol. The Hall–Kier alpha value is -1.62. The lowest BCUT2D eigenvalue weighted by atomic mass is 10.0. The Morgan fingerprint density at radius 3 is 2.87 bits per heavy atom. The molecule has 23 heavy (non-hydrogen) atoms. The number of amides is 1. The van der Waals surface area contributed by atoms with Crippen LogP contribution in [0, 0.1) is 5.92 Å². The molecule has 0 radical (unpaired) electrons. The Balaban J connectivity index is 1.40. The molecule has 3 heterocycles. The molecular formula is C18H28N4O. The number of carbonyl (C=O) groups excluding carboxylic acids is 1. The van der Waals surface area contributed by atoms with Crippen molar-refractivity contribution in [3.8, 4) is 0 Å². The molecule has 126 valence electrons. The molecule has 0 saturated carbocycles. The molecule has 1 atom stereocenters. The molecular weight excluding hydrogens is 288 g/mol. The van der Waals surface area contributed by atoms with Gasteiger partial charge in [-0.05, 0) is 62.7 Å². The second-order valence-corrected chi connectivity index (χ2v) is 6.75. The average molecular weight is 316 g/mol. The Labute approximate surface area is 138 Å². The van der Waals surface area contributed by atoms with E-state index in [1.807, 2.05) is 6.20 Å². The molecule has 1 amide bonds. The van der Waals surface area contributed by atoms with Crippen molar-refractivity contribution in [2.24, 2.45) is 5.92 Å². The smallest absolute Gasteiger partial charge is 0.220 e. The van der Waals surface area contributed by atoms with Crippen molar-refractivity contribution < 1.29 is 4.79 Å². The number of hydrogen-bond acceptors (Lipinski definition) is 4. The third-order valence-corrected chi connectivity index (χ3v) is 4.92. The van der Waals surface area contributed by atoms with Crippen LogP contribution in [0.15, 0.2) is 18.3 Å². The van der Waals surface area contributed by atoms with Crippen molar-refractivity contribution in [3.63, 3.8) is 0 Å². The van der Waals surface area contributed by atoms with Crippen LogP contribution < -0.4 is 15.5 Å². The van der Waals surface area contributed by atoms with Gasteiger partial charge < -0.3 is 15.5 Å². The molecule has 1 aromatic rings. The molecule has 2 fully saturated rings. The largest absolute Gasteiger partial charge is 0.357 e. The molecule has 5 nitrogen and oxygen atoms in total. The highest BCUT2D eigenvalue weighted by molar-refractivity contribution is 5.75. The first-order chi connectivity index (χ1) is 11.3. The maximum atomic E-state index is 11.9. The van der Waals surface area contributed by atoms with E-state index in [0.717, 1.165) is 44.0 Å². The van der Waals surface area contributed by atoms with E-state index in [1.165, 1.54) is 25.7 Å². The molecule has 5 heteroatoms. The van der Waals surface area contributed by atoms with Crippen molar-refractivity contribution in [2.45, 2.75) is 45.1 Å². The standard InChI is InChI=1S/C18H28N4O/c23-18(7-5-15-8-9-19-12-15)21-14-16-4-6-17(20-13-16)22-10-2-1-3-11-22/h4,6,13,15,19H,1-3,5,7-12,14H2,(H,21,23). The summed E-state index contributed by atoms with van der Waals surface area (Å²) < 4.78 is 0.